The molecule has 2 nitrogen and oxygen atoms in total. The molecule has 0 saturated heterocycles. The number of rotatable bonds is 4. The van der Waals surface area contributed by atoms with Crippen LogP contribution >= 0.6 is 12.6 Å². The van der Waals surface area contributed by atoms with Gasteiger partial charge >= 0.3 is 0 Å². The molecule has 1 amide bonds. The largest absolute Gasteiger partial charge is 0.342 e. The van der Waals surface area contributed by atoms with Gasteiger partial charge in [-0.25, -0.2) is 0 Å². The Morgan fingerprint density at radius 1 is 1.82 bits per heavy atom. The Bertz CT molecular complexity index is 162. The number of hydrogen-bond donors (Lipinski definition) is 2. The molecule has 1 N–H and O–H groups in total. The Morgan fingerprint density at radius 2 is 2.45 bits per heavy atom. The molecule has 0 bridgehead atoms. The molecule has 0 aliphatic carbocycles. The molecule has 0 rings (SSSR count). The van der Waals surface area contributed by atoms with Gasteiger partial charge < -0.3 is 5.32 Å². The summed E-state index contributed by atoms with van der Waals surface area (Å²) < 4.78 is 0. The molecule has 1 unspecified atom stereocenters. The van der Waals surface area contributed by atoms with E-state index in [1.54, 1.807) is 0 Å². The zero-order chi connectivity index (χ0) is 8.69. The lowest BCUT2D eigenvalue weighted by molar-refractivity contribution is -0.121. The van der Waals surface area contributed by atoms with Gasteiger partial charge in [0.25, 0.3) is 0 Å². The maximum atomic E-state index is 10.9. The molecule has 1 atom stereocenters. The topological polar surface area (TPSA) is 29.1 Å². The molecule has 0 fully saturated rings. The number of hydrogen-bond acceptors (Lipinski definition) is 2. The van der Waals surface area contributed by atoms with Crippen LogP contribution in [0.4, 0.5) is 0 Å². The van der Waals surface area contributed by atoms with Gasteiger partial charge in [-0.3, -0.25) is 4.79 Å². The number of amides is 1. The van der Waals surface area contributed by atoms with E-state index >= 15 is 0 Å². The van der Waals surface area contributed by atoms with Gasteiger partial charge in [-0.2, -0.15) is 12.6 Å². The zero-order valence-electron chi connectivity index (χ0n) is 6.63. The fourth-order valence-corrected chi connectivity index (χ4v) is 0.833. The Labute approximate surface area is 73.2 Å². The first kappa shape index (κ1) is 10.4. The van der Waals surface area contributed by atoms with E-state index in [2.05, 4.69) is 23.9 Å². The third-order valence-electron chi connectivity index (χ3n) is 1.28. The second-order valence-electron chi connectivity index (χ2n) is 2.17. The van der Waals surface area contributed by atoms with E-state index < -0.39 is 0 Å². The Morgan fingerprint density at radius 3 is 2.82 bits per heavy atom. The van der Waals surface area contributed by atoms with Crippen molar-refractivity contribution in [3.05, 3.63) is 0 Å². The minimum absolute atomic E-state index is 0.0233. The van der Waals surface area contributed by atoms with E-state index in [9.17, 15) is 4.79 Å². The van der Waals surface area contributed by atoms with Crippen molar-refractivity contribution in [2.75, 3.05) is 5.75 Å². The standard InChI is InChI=1S/C8H13NOS/c1-3-7(4-2)9-8(10)5-6-11/h1,7,11H,4-6H2,2H3,(H,9,10). The second-order valence-corrected chi connectivity index (χ2v) is 2.62. The summed E-state index contributed by atoms with van der Waals surface area (Å²) >= 11 is 3.93. The van der Waals surface area contributed by atoms with Crippen molar-refractivity contribution in [2.24, 2.45) is 0 Å². The van der Waals surface area contributed by atoms with Crippen LogP contribution in [-0.2, 0) is 4.79 Å². The Balaban J connectivity index is 3.65. The van der Waals surface area contributed by atoms with Crippen LogP contribution in [-0.4, -0.2) is 17.7 Å². The first-order valence-corrected chi connectivity index (χ1v) is 4.24. The van der Waals surface area contributed by atoms with Crippen molar-refractivity contribution in [3.8, 4) is 12.3 Å². The summed E-state index contributed by atoms with van der Waals surface area (Å²) in [6, 6.07) is -0.123. The van der Waals surface area contributed by atoms with Crippen LogP contribution in [0.15, 0.2) is 0 Å². The number of carbonyl (C=O) groups is 1. The van der Waals surface area contributed by atoms with E-state index in [0.29, 0.717) is 12.2 Å². The van der Waals surface area contributed by atoms with Crippen LogP contribution in [0.1, 0.15) is 19.8 Å². The second kappa shape index (κ2) is 6.11. The lowest BCUT2D eigenvalue weighted by atomic mass is 10.2. The average Bonchev–Trinajstić information content (AvgIpc) is 2.01. The minimum atomic E-state index is -0.123. The number of terminal acetylenes is 1. The molecule has 0 aromatic heterocycles. The highest BCUT2D eigenvalue weighted by Crippen LogP contribution is 1.90. The SMILES string of the molecule is C#CC(CC)NC(=O)CCS. The van der Waals surface area contributed by atoms with Gasteiger partial charge in [0.2, 0.25) is 5.91 Å². The average molecular weight is 171 g/mol. The van der Waals surface area contributed by atoms with E-state index in [0.717, 1.165) is 6.42 Å². The van der Waals surface area contributed by atoms with Crippen molar-refractivity contribution in [1.82, 2.24) is 5.32 Å². The van der Waals surface area contributed by atoms with Crippen molar-refractivity contribution < 1.29 is 4.79 Å². The van der Waals surface area contributed by atoms with Gasteiger partial charge in [0.15, 0.2) is 0 Å². The minimum Gasteiger partial charge on any atom is -0.342 e. The normalized spacial score (nSPS) is 11.7. The van der Waals surface area contributed by atoms with Gasteiger partial charge in [-0.05, 0) is 12.2 Å². The van der Waals surface area contributed by atoms with Crippen LogP contribution in [0.2, 0.25) is 0 Å². The fourth-order valence-electron chi connectivity index (χ4n) is 0.630. The van der Waals surface area contributed by atoms with Gasteiger partial charge in [0, 0.05) is 6.42 Å². The van der Waals surface area contributed by atoms with Crippen LogP contribution < -0.4 is 5.32 Å². The summed E-state index contributed by atoms with van der Waals surface area (Å²) in [5.74, 6) is 3.02. The van der Waals surface area contributed by atoms with Crippen molar-refractivity contribution in [3.63, 3.8) is 0 Å². The summed E-state index contributed by atoms with van der Waals surface area (Å²) in [5.41, 5.74) is 0. The molecule has 0 saturated carbocycles. The van der Waals surface area contributed by atoms with Gasteiger partial charge in [-0.15, -0.1) is 6.42 Å². The molecule has 0 aromatic rings. The highest BCUT2D eigenvalue weighted by Gasteiger charge is 2.04. The molecule has 0 radical (unpaired) electrons. The molecule has 0 aliphatic heterocycles. The molecule has 11 heavy (non-hydrogen) atoms. The van der Waals surface area contributed by atoms with E-state index in [1.165, 1.54) is 0 Å². The van der Waals surface area contributed by atoms with Gasteiger partial charge in [0.05, 0.1) is 6.04 Å². The Hall–Kier alpha value is -0.620. The van der Waals surface area contributed by atoms with Crippen molar-refractivity contribution >= 4 is 18.5 Å². The third-order valence-corrected chi connectivity index (χ3v) is 1.51. The summed E-state index contributed by atoms with van der Waals surface area (Å²) in [6.07, 6.45) is 6.35. The predicted molar refractivity (Wildman–Crippen MR) is 49.5 cm³/mol. The first-order chi connectivity index (χ1) is 5.24. The monoisotopic (exact) mass is 171 g/mol. The third kappa shape index (κ3) is 4.74. The highest BCUT2D eigenvalue weighted by molar-refractivity contribution is 7.80. The maximum absolute atomic E-state index is 10.9. The Kier molecular flexibility index (Phi) is 5.77. The fraction of sp³-hybridized carbons (Fsp3) is 0.625. The lowest BCUT2D eigenvalue weighted by Crippen LogP contribution is -2.33. The van der Waals surface area contributed by atoms with Gasteiger partial charge in [0.1, 0.15) is 0 Å². The van der Waals surface area contributed by atoms with E-state index in [-0.39, 0.29) is 11.9 Å². The van der Waals surface area contributed by atoms with Crippen LogP contribution in [0.3, 0.4) is 0 Å². The smallest absolute Gasteiger partial charge is 0.221 e. The quantitative estimate of drug-likeness (QED) is 0.476. The number of carbonyl (C=O) groups excluding carboxylic acids is 1. The van der Waals surface area contributed by atoms with Crippen molar-refractivity contribution in [1.29, 1.82) is 0 Å². The molecule has 0 aromatic carbocycles. The van der Waals surface area contributed by atoms with Crippen molar-refractivity contribution in [2.45, 2.75) is 25.8 Å². The number of nitrogens with one attached hydrogen (secondary N) is 1. The molecule has 3 heteroatoms. The van der Waals surface area contributed by atoms with E-state index in [4.69, 9.17) is 6.42 Å². The molecular weight excluding hydrogens is 158 g/mol. The van der Waals surface area contributed by atoms with Crippen LogP contribution in [0.25, 0.3) is 0 Å². The zero-order valence-corrected chi connectivity index (χ0v) is 7.53. The molecular formula is C8H13NOS. The predicted octanol–water partition coefficient (Wildman–Crippen LogP) is 0.834. The summed E-state index contributed by atoms with van der Waals surface area (Å²) in [4.78, 5) is 10.9. The molecule has 0 heterocycles. The molecule has 0 aliphatic rings. The number of thiol groups is 1. The molecule has 62 valence electrons. The summed E-state index contributed by atoms with van der Waals surface area (Å²) in [7, 11) is 0. The highest BCUT2D eigenvalue weighted by atomic mass is 32.1. The van der Waals surface area contributed by atoms with Crippen LogP contribution in [0.5, 0.6) is 0 Å². The van der Waals surface area contributed by atoms with Crippen LogP contribution in [0, 0.1) is 12.3 Å². The van der Waals surface area contributed by atoms with E-state index in [1.807, 2.05) is 6.92 Å². The summed E-state index contributed by atoms with van der Waals surface area (Å²) in [6.45, 7) is 1.94. The molecule has 0 spiro atoms. The van der Waals surface area contributed by atoms with Gasteiger partial charge in [-0.1, -0.05) is 12.8 Å². The summed E-state index contributed by atoms with van der Waals surface area (Å²) in [5, 5.41) is 2.69. The maximum Gasteiger partial charge on any atom is 0.221 e. The lowest BCUT2D eigenvalue weighted by Gasteiger charge is -2.09. The first-order valence-electron chi connectivity index (χ1n) is 3.61.